The second-order valence-corrected chi connectivity index (χ2v) is 4.83. The summed E-state index contributed by atoms with van der Waals surface area (Å²) in [6, 6.07) is -0.142. The number of aliphatic imine (C=N–C) groups is 1. The molecule has 2 aliphatic heterocycles. The van der Waals surface area contributed by atoms with Gasteiger partial charge in [-0.3, -0.25) is 4.99 Å². The number of halogens is 3. The molecule has 2 heterocycles. The maximum absolute atomic E-state index is 12.7. The molecule has 108 valence electrons. The third kappa shape index (κ3) is 3.61. The van der Waals surface area contributed by atoms with E-state index in [9.17, 15) is 13.2 Å². The summed E-state index contributed by atoms with van der Waals surface area (Å²) in [6.07, 6.45) is -0.647. The second kappa shape index (κ2) is 5.79. The molecule has 0 N–H and O–H groups in total. The molecule has 0 saturated carbocycles. The zero-order chi connectivity index (χ0) is 13.9. The summed E-state index contributed by atoms with van der Waals surface area (Å²) in [5, 5.41) is 3.13. The van der Waals surface area contributed by atoms with Crippen LogP contribution in [0.5, 0.6) is 0 Å². The molecular formula is C12H17F3N2O2. The minimum atomic E-state index is -4.42. The molecule has 19 heavy (non-hydrogen) atoms. The molecule has 2 rings (SSSR count). The van der Waals surface area contributed by atoms with Gasteiger partial charge in [0.1, 0.15) is 6.61 Å². The normalized spacial score (nSPS) is 28.2. The van der Waals surface area contributed by atoms with Crippen molar-refractivity contribution in [1.29, 1.82) is 0 Å². The van der Waals surface area contributed by atoms with Crippen molar-refractivity contribution in [2.75, 3.05) is 13.7 Å². The number of ether oxygens (including phenoxy) is 1. The van der Waals surface area contributed by atoms with Gasteiger partial charge >= 0.3 is 6.18 Å². The Morgan fingerprint density at radius 2 is 2.16 bits per heavy atom. The molecule has 2 atom stereocenters. The van der Waals surface area contributed by atoms with Gasteiger partial charge in [-0.2, -0.15) is 13.2 Å². The van der Waals surface area contributed by atoms with Crippen LogP contribution in [0.25, 0.3) is 0 Å². The van der Waals surface area contributed by atoms with E-state index in [1.807, 2.05) is 0 Å². The molecule has 4 nitrogen and oxygen atoms in total. The number of methoxy groups -OCH3 is 1. The lowest BCUT2D eigenvalue weighted by molar-refractivity contribution is -0.0624. The van der Waals surface area contributed by atoms with Gasteiger partial charge in [0.05, 0.1) is 13.2 Å². The van der Waals surface area contributed by atoms with Gasteiger partial charge in [0, 0.05) is 12.3 Å². The molecule has 0 amide bonds. The summed E-state index contributed by atoms with van der Waals surface area (Å²) in [4.78, 5) is 9.00. The predicted molar refractivity (Wildman–Crippen MR) is 64.2 cm³/mol. The van der Waals surface area contributed by atoms with Crippen LogP contribution in [0.15, 0.2) is 10.1 Å². The Labute approximate surface area is 109 Å². The number of hydrogen-bond acceptors (Lipinski definition) is 4. The Balaban J connectivity index is 2.02. The molecule has 7 heteroatoms. The smallest absolute Gasteiger partial charge is 0.433 e. The Bertz CT molecular complexity index is 380. The van der Waals surface area contributed by atoms with Gasteiger partial charge in [-0.15, -0.1) is 0 Å². The molecular weight excluding hydrogens is 261 g/mol. The summed E-state index contributed by atoms with van der Waals surface area (Å²) >= 11 is 0. The summed E-state index contributed by atoms with van der Waals surface area (Å²) in [5.74, 6) is -0.0862. The third-order valence-corrected chi connectivity index (χ3v) is 3.41. The van der Waals surface area contributed by atoms with E-state index >= 15 is 0 Å². The summed E-state index contributed by atoms with van der Waals surface area (Å²) in [5.41, 5.74) is -0.814. The molecule has 0 bridgehead atoms. The fourth-order valence-electron chi connectivity index (χ4n) is 2.46. The lowest BCUT2D eigenvalue weighted by Gasteiger charge is -2.17. The summed E-state index contributed by atoms with van der Waals surface area (Å²) in [7, 11) is 1.54. The van der Waals surface area contributed by atoms with E-state index in [2.05, 4.69) is 15.0 Å². The second-order valence-electron chi connectivity index (χ2n) is 4.83. The fraction of sp³-hybridized carbons (Fsp3) is 0.833. The molecule has 0 saturated heterocycles. The van der Waals surface area contributed by atoms with Crippen LogP contribution in [0, 0.1) is 5.92 Å². The van der Waals surface area contributed by atoms with Crippen molar-refractivity contribution in [2.24, 2.45) is 16.1 Å². The van der Waals surface area contributed by atoms with Crippen LogP contribution < -0.4 is 0 Å². The first kappa shape index (κ1) is 14.1. The predicted octanol–water partition coefficient (Wildman–Crippen LogP) is 2.93. The molecule has 0 fully saturated rings. The lowest BCUT2D eigenvalue weighted by Crippen LogP contribution is -2.31. The number of nitrogens with zero attached hydrogens (tertiary/aromatic N) is 2. The van der Waals surface area contributed by atoms with Crippen LogP contribution in [0.4, 0.5) is 13.2 Å². The topological polar surface area (TPSA) is 43.2 Å². The number of hydrogen-bond donors (Lipinski definition) is 0. The van der Waals surface area contributed by atoms with E-state index in [0.29, 0.717) is 12.3 Å². The minimum absolute atomic E-state index is 0.0107. The fourth-order valence-corrected chi connectivity index (χ4v) is 2.46. The molecule has 0 spiro atoms. The zero-order valence-electron chi connectivity index (χ0n) is 10.7. The molecule has 0 aromatic rings. The van der Waals surface area contributed by atoms with Crippen molar-refractivity contribution in [3.8, 4) is 0 Å². The van der Waals surface area contributed by atoms with E-state index in [4.69, 9.17) is 4.74 Å². The first-order valence-electron chi connectivity index (χ1n) is 6.38. The van der Waals surface area contributed by atoms with Crippen molar-refractivity contribution >= 4 is 11.6 Å². The standard InChI is InChI=1S/C12H17F3N2O2/c1-18-10-5-3-2-4-9(16-10)6-8-7-19-17-11(8)12(13,14)15/h8-9H,2-7H2,1H3. The molecule has 0 radical (unpaired) electrons. The maximum Gasteiger partial charge on any atom is 0.433 e. The van der Waals surface area contributed by atoms with E-state index < -0.39 is 17.8 Å². The van der Waals surface area contributed by atoms with Gasteiger partial charge in [-0.05, 0) is 19.3 Å². The van der Waals surface area contributed by atoms with Gasteiger partial charge < -0.3 is 9.57 Å². The first-order chi connectivity index (χ1) is 9.00. The van der Waals surface area contributed by atoms with Crippen LogP contribution in [-0.2, 0) is 9.57 Å². The highest BCUT2D eigenvalue weighted by Crippen LogP contribution is 2.31. The van der Waals surface area contributed by atoms with E-state index in [1.54, 1.807) is 7.11 Å². The molecule has 2 aliphatic rings. The van der Waals surface area contributed by atoms with Crippen LogP contribution in [0.1, 0.15) is 32.1 Å². The highest BCUT2D eigenvalue weighted by atomic mass is 19.4. The molecule has 0 aromatic carbocycles. The van der Waals surface area contributed by atoms with Gasteiger partial charge in [0.25, 0.3) is 0 Å². The lowest BCUT2D eigenvalue weighted by atomic mass is 9.93. The average molecular weight is 278 g/mol. The van der Waals surface area contributed by atoms with Crippen LogP contribution >= 0.6 is 0 Å². The Morgan fingerprint density at radius 1 is 1.37 bits per heavy atom. The first-order valence-corrected chi connectivity index (χ1v) is 6.38. The number of alkyl halides is 3. The van der Waals surface area contributed by atoms with Crippen LogP contribution in [0.2, 0.25) is 0 Å². The molecule has 2 unspecified atom stereocenters. The number of rotatable bonds is 2. The maximum atomic E-state index is 12.7. The van der Waals surface area contributed by atoms with Crippen molar-refractivity contribution in [1.82, 2.24) is 0 Å². The van der Waals surface area contributed by atoms with E-state index in [0.717, 1.165) is 25.7 Å². The molecule has 0 aliphatic carbocycles. The van der Waals surface area contributed by atoms with E-state index in [-0.39, 0.29) is 12.6 Å². The quantitative estimate of drug-likeness (QED) is 0.779. The van der Waals surface area contributed by atoms with Gasteiger partial charge in [0.2, 0.25) is 0 Å². The highest BCUT2D eigenvalue weighted by molar-refractivity contribution is 5.92. The number of oxime groups is 1. The summed E-state index contributed by atoms with van der Waals surface area (Å²) < 4.78 is 43.3. The van der Waals surface area contributed by atoms with Gasteiger partial charge in [-0.1, -0.05) is 11.6 Å². The minimum Gasteiger partial charge on any atom is -0.484 e. The largest absolute Gasteiger partial charge is 0.484 e. The van der Waals surface area contributed by atoms with Crippen molar-refractivity contribution < 1.29 is 22.7 Å². The summed E-state index contributed by atoms with van der Waals surface area (Å²) in [6.45, 7) is -0.0107. The molecule has 0 aromatic heterocycles. The highest BCUT2D eigenvalue weighted by Gasteiger charge is 2.45. The van der Waals surface area contributed by atoms with Crippen molar-refractivity contribution in [2.45, 2.75) is 44.3 Å². The van der Waals surface area contributed by atoms with Gasteiger partial charge in [0.15, 0.2) is 11.6 Å². The van der Waals surface area contributed by atoms with Crippen LogP contribution in [0.3, 0.4) is 0 Å². The monoisotopic (exact) mass is 278 g/mol. The third-order valence-electron chi connectivity index (χ3n) is 3.41. The van der Waals surface area contributed by atoms with Crippen molar-refractivity contribution in [3.05, 3.63) is 0 Å². The zero-order valence-corrected chi connectivity index (χ0v) is 10.7. The van der Waals surface area contributed by atoms with Crippen LogP contribution in [-0.4, -0.2) is 37.5 Å². The van der Waals surface area contributed by atoms with Gasteiger partial charge in [-0.25, -0.2) is 0 Å². The SMILES string of the molecule is COC1=NC(CC2CON=C2C(F)(F)F)CCCC1. The van der Waals surface area contributed by atoms with E-state index in [1.165, 1.54) is 0 Å². The Kier molecular flexibility index (Phi) is 4.31. The van der Waals surface area contributed by atoms with Crippen molar-refractivity contribution in [3.63, 3.8) is 0 Å². The Morgan fingerprint density at radius 3 is 2.84 bits per heavy atom. The Hall–Kier alpha value is -1.27. The average Bonchev–Trinajstić information content (AvgIpc) is 2.68.